The van der Waals surface area contributed by atoms with Crippen LogP contribution >= 0.6 is 0 Å². The largest absolute Gasteiger partial charge is 0.342 e. The van der Waals surface area contributed by atoms with Gasteiger partial charge in [-0.25, -0.2) is 8.42 Å². The van der Waals surface area contributed by atoms with Crippen LogP contribution in [0.2, 0.25) is 0 Å². The van der Waals surface area contributed by atoms with Crippen LogP contribution in [0.5, 0.6) is 0 Å². The zero-order chi connectivity index (χ0) is 19.4. The van der Waals surface area contributed by atoms with Gasteiger partial charge in [0.1, 0.15) is 0 Å². The van der Waals surface area contributed by atoms with Crippen LogP contribution in [0, 0.1) is 0 Å². The molecular formula is C18H25F2N3O3S. The highest BCUT2D eigenvalue weighted by Crippen LogP contribution is 2.19. The van der Waals surface area contributed by atoms with E-state index in [0.29, 0.717) is 13.1 Å². The highest BCUT2D eigenvalue weighted by Gasteiger charge is 2.27. The quantitative estimate of drug-likeness (QED) is 0.722. The van der Waals surface area contributed by atoms with Crippen LogP contribution in [0.4, 0.5) is 8.78 Å². The van der Waals surface area contributed by atoms with Crippen molar-refractivity contribution >= 4 is 15.7 Å². The molecule has 0 N–H and O–H groups in total. The number of hydrogen-bond donors (Lipinski definition) is 0. The molecule has 1 amide bonds. The van der Waals surface area contributed by atoms with Gasteiger partial charge in [-0.3, -0.25) is 14.6 Å². The minimum atomic E-state index is -4.54. The van der Waals surface area contributed by atoms with E-state index in [9.17, 15) is 22.0 Å². The molecule has 2 saturated heterocycles. The van der Waals surface area contributed by atoms with Gasteiger partial charge in [0.05, 0.1) is 11.4 Å². The van der Waals surface area contributed by atoms with Crippen molar-refractivity contribution in [1.82, 2.24) is 14.7 Å². The summed E-state index contributed by atoms with van der Waals surface area (Å²) in [6.45, 7) is 6.06. The molecule has 0 radical (unpaired) electrons. The molecule has 2 aliphatic rings. The minimum Gasteiger partial charge on any atom is -0.342 e. The van der Waals surface area contributed by atoms with Crippen LogP contribution in [0.3, 0.4) is 0 Å². The van der Waals surface area contributed by atoms with Crippen molar-refractivity contribution in [3.63, 3.8) is 0 Å². The molecule has 1 aromatic carbocycles. The third-order valence-corrected chi connectivity index (χ3v) is 6.57. The summed E-state index contributed by atoms with van der Waals surface area (Å²) in [7, 11) is -4.54. The number of carbonyl (C=O) groups is 1. The van der Waals surface area contributed by atoms with E-state index in [1.807, 2.05) is 4.90 Å². The lowest BCUT2D eigenvalue weighted by atomic mass is 10.2. The van der Waals surface area contributed by atoms with E-state index in [-0.39, 0.29) is 10.8 Å². The van der Waals surface area contributed by atoms with Crippen LogP contribution in [-0.4, -0.2) is 80.6 Å². The number of hydrogen-bond acceptors (Lipinski definition) is 5. The van der Waals surface area contributed by atoms with Gasteiger partial charge in [0.25, 0.3) is 0 Å². The molecule has 0 spiro atoms. The Bertz CT molecular complexity index is 742. The number of piperazine rings is 1. The summed E-state index contributed by atoms with van der Waals surface area (Å²) < 4.78 is 48.1. The molecule has 2 heterocycles. The summed E-state index contributed by atoms with van der Waals surface area (Å²) in [6.07, 6.45) is 2.19. The Morgan fingerprint density at radius 2 is 1.48 bits per heavy atom. The first-order valence-electron chi connectivity index (χ1n) is 9.20. The summed E-state index contributed by atoms with van der Waals surface area (Å²) in [5, 5.41) is 0. The second-order valence-electron chi connectivity index (χ2n) is 7.09. The third-order valence-electron chi connectivity index (χ3n) is 5.18. The van der Waals surface area contributed by atoms with E-state index in [4.69, 9.17) is 0 Å². The molecule has 9 heteroatoms. The van der Waals surface area contributed by atoms with Crippen molar-refractivity contribution < 1.29 is 22.0 Å². The van der Waals surface area contributed by atoms with Crippen LogP contribution in [0.1, 0.15) is 18.4 Å². The maximum atomic E-state index is 12.6. The normalized spacial score (nSPS) is 19.7. The number of halogens is 2. The van der Waals surface area contributed by atoms with Crippen molar-refractivity contribution in [3.05, 3.63) is 29.8 Å². The van der Waals surface area contributed by atoms with Gasteiger partial charge in [-0.15, -0.1) is 0 Å². The fourth-order valence-corrected chi connectivity index (χ4v) is 4.23. The van der Waals surface area contributed by atoms with Gasteiger partial charge >= 0.3 is 5.76 Å². The third kappa shape index (κ3) is 5.03. The standard InChI is InChI=1S/C18H25F2N3O3S/c19-18(20)27(25,26)16-5-3-15(4-6-16)13-21-9-11-22(12-10-21)14-17(24)23-7-1-2-8-23/h3-6,18H,1-2,7-14H2. The zero-order valence-corrected chi connectivity index (χ0v) is 16.0. The lowest BCUT2D eigenvalue weighted by Crippen LogP contribution is -2.49. The summed E-state index contributed by atoms with van der Waals surface area (Å²) >= 11 is 0. The van der Waals surface area contributed by atoms with Crippen LogP contribution < -0.4 is 0 Å². The highest BCUT2D eigenvalue weighted by molar-refractivity contribution is 7.91. The molecule has 2 fully saturated rings. The Morgan fingerprint density at radius 3 is 2.04 bits per heavy atom. The number of amides is 1. The topological polar surface area (TPSA) is 60.9 Å². The molecule has 0 aliphatic carbocycles. The van der Waals surface area contributed by atoms with Crippen molar-refractivity contribution in [2.75, 3.05) is 45.8 Å². The Balaban J connectivity index is 1.47. The van der Waals surface area contributed by atoms with Crippen LogP contribution in [0.25, 0.3) is 0 Å². The number of benzene rings is 1. The summed E-state index contributed by atoms with van der Waals surface area (Å²) in [5.74, 6) is -3.20. The summed E-state index contributed by atoms with van der Waals surface area (Å²) in [5.41, 5.74) is 0.879. The van der Waals surface area contributed by atoms with Crippen molar-refractivity contribution in [2.24, 2.45) is 0 Å². The van der Waals surface area contributed by atoms with E-state index < -0.39 is 15.6 Å². The minimum absolute atomic E-state index is 0.205. The molecule has 2 aliphatic heterocycles. The Morgan fingerprint density at radius 1 is 0.926 bits per heavy atom. The van der Waals surface area contributed by atoms with E-state index >= 15 is 0 Å². The number of sulfone groups is 1. The monoisotopic (exact) mass is 401 g/mol. The predicted octanol–water partition coefficient (Wildman–Crippen LogP) is 1.42. The van der Waals surface area contributed by atoms with E-state index in [1.54, 1.807) is 12.1 Å². The van der Waals surface area contributed by atoms with Gasteiger partial charge in [0.2, 0.25) is 15.7 Å². The number of alkyl halides is 2. The molecule has 0 atom stereocenters. The van der Waals surface area contributed by atoms with E-state index in [0.717, 1.165) is 57.7 Å². The molecule has 150 valence electrons. The molecule has 0 saturated carbocycles. The average molecular weight is 401 g/mol. The molecule has 6 nitrogen and oxygen atoms in total. The number of likely N-dealkylation sites (tertiary alicyclic amines) is 1. The highest BCUT2D eigenvalue weighted by atomic mass is 32.2. The van der Waals surface area contributed by atoms with Gasteiger partial charge in [-0.2, -0.15) is 8.78 Å². The van der Waals surface area contributed by atoms with Gasteiger partial charge in [-0.05, 0) is 30.5 Å². The van der Waals surface area contributed by atoms with Crippen molar-refractivity contribution in [3.8, 4) is 0 Å². The van der Waals surface area contributed by atoms with E-state index in [1.165, 1.54) is 12.1 Å². The first-order chi connectivity index (χ1) is 12.9. The van der Waals surface area contributed by atoms with Gasteiger partial charge < -0.3 is 4.90 Å². The fraction of sp³-hybridized carbons (Fsp3) is 0.611. The number of carbonyl (C=O) groups excluding carboxylic acids is 1. The second kappa shape index (κ2) is 8.62. The second-order valence-corrected chi connectivity index (χ2v) is 9.01. The van der Waals surface area contributed by atoms with Gasteiger partial charge in [-0.1, -0.05) is 12.1 Å². The predicted molar refractivity (Wildman–Crippen MR) is 97.2 cm³/mol. The molecule has 0 aromatic heterocycles. The van der Waals surface area contributed by atoms with Crippen LogP contribution in [0.15, 0.2) is 29.2 Å². The zero-order valence-electron chi connectivity index (χ0n) is 15.2. The Labute approximate surface area is 158 Å². The van der Waals surface area contributed by atoms with Crippen molar-refractivity contribution in [1.29, 1.82) is 0 Å². The molecule has 0 bridgehead atoms. The lowest BCUT2D eigenvalue weighted by Gasteiger charge is -2.35. The van der Waals surface area contributed by atoms with Crippen molar-refractivity contribution in [2.45, 2.75) is 30.0 Å². The Hall–Kier alpha value is -1.58. The number of rotatable bonds is 6. The fourth-order valence-electron chi connectivity index (χ4n) is 3.51. The molecule has 1 aromatic rings. The molecular weight excluding hydrogens is 376 g/mol. The summed E-state index contributed by atoms with van der Waals surface area (Å²) in [4.78, 5) is 18.2. The number of nitrogens with zero attached hydrogens (tertiary/aromatic N) is 3. The lowest BCUT2D eigenvalue weighted by molar-refractivity contribution is -0.131. The molecule has 0 unspecified atom stereocenters. The molecule has 3 rings (SSSR count). The van der Waals surface area contributed by atoms with Crippen LogP contribution in [-0.2, 0) is 21.2 Å². The average Bonchev–Trinajstić information content (AvgIpc) is 3.18. The molecule has 27 heavy (non-hydrogen) atoms. The maximum absolute atomic E-state index is 12.6. The van der Waals surface area contributed by atoms with E-state index in [2.05, 4.69) is 9.80 Å². The first kappa shape index (κ1) is 20.2. The smallest absolute Gasteiger partial charge is 0.341 e. The van der Waals surface area contributed by atoms with Gasteiger partial charge in [0, 0.05) is 45.8 Å². The summed E-state index contributed by atoms with van der Waals surface area (Å²) in [6, 6.07) is 5.64. The first-order valence-corrected chi connectivity index (χ1v) is 10.7. The maximum Gasteiger partial charge on any atom is 0.341 e. The Kier molecular flexibility index (Phi) is 6.44. The van der Waals surface area contributed by atoms with Gasteiger partial charge in [0.15, 0.2) is 0 Å². The SMILES string of the molecule is O=C(CN1CCN(Cc2ccc(S(=O)(=O)C(F)F)cc2)CC1)N1CCCC1.